The number of carbonyl (C=O) groups excluding carboxylic acids is 4. The summed E-state index contributed by atoms with van der Waals surface area (Å²) < 4.78 is 27.3. The molecule has 0 radical (unpaired) electrons. The van der Waals surface area contributed by atoms with Gasteiger partial charge in [-0.2, -0.15) is 0 Å². The molecule has 0 spiro atoms. The number of ketones is 3. The van der Waals surface area contributed by atoms with E-state index in [1.165, 1.54) is 33.3 Å². The third kappa shape index (κ3) is 5.33. The number of ether oxygens (including phenoxy) is 5. The van der Waals surface area contributed by atoms with Crippen molar-refractivity contribution in [3.05, 3.63) is 68.4 Å². The summed E-state index contributed by atoms with van der Waals surface area (Å²) in [4.78, 5) is 61.1. The lowest BCUT2D eigenvalue weighted by Crippen LogP contribution is -2.73. The summed E-state index contributed by atoms with van der Waals surface area (Å²) in [5.74, 6) is -6.23. The fourth-order valence-corrected chi connectivity index (χ4v) is 8.26. The van der Waals surface area contributed by atoms with Crippen molar-refractivity contribution in [1.29, 1.82) is 0 Å². The van der Waals surface area contributed by atoms with E-state index in [4.69, 9.17) is 23.7 Å². The number of esters is 1. The van der Waals surface area contributed by atoms with Crippen LogP contribution in [-0.4, -0.2) is 144 Å². The van der Waals surface area contributed by atoms with E-state index < -0.39 is 111 Å². The Morgan fingerprint density at radius 1 is 1.00 bits per heavy atom. The van der Waals surface area contributed by atoms with E-state index in [9.17, 15) is 49.8 Å². The first-order valence-corrected chi connectivity index (χ1v) is 17.1. The van der Waals surface area contributed by atoms with Gasteiger partial charge in [-0.05, 0) is 43.5 Å². The number of phenolic OH excluding ortho intramolecular Hbond substituents is 2. The Kier molecular flexibility index (Phi) is 10.3. The summed E-state index contributed by atoms with van der Waals surface area (Å²) in [5.41, 5.74) is -9.08. The predicted octanol–water partition coefficient (Wildman–Crippen LogP) is -0.261. The topological polar surface area (TPSA) is 260 Å². The molecule has 2 aromatic carbocycles. The van der Waals surface area contributed by atoms with E-state index >= 15 is 0 Å². The number of aliphatic hydroxyl groups is 4. The van der Waals surface area contributed by atoms with Crippen LogP contribution < -0.4 is 5.32 Å². The molecule has 0 saturated carbocycles. The van der Waals surface area contributed by atoms with Crippen LogP contribution in [0.2, 0.25) is 0 Å². The third-order valence-electron chi connectivity index (χ3n) is 10.8. The molecule has 0 aromatic heterocycles. The minimum absolute atomic E-state index is 0.00296. The number of nitrogens with zero attached hydrogens (tertiary/aromatic N) is 1. The van der Waals surface area contributed by atoms with Crippen molar-refractivity contribution in [2.45, 2.75) is 74.6 Å². The van der Waals surface area contributed by atoms with Gasteiger partial charge in [0.2, 0.25) is 17.3 Å². The van der Waals surface area contributed by atoms with Crippen LogP contribution in [0.4, 0.5) is 0 Å². The number of aliphatic hydroxyl groups excluding tert-OH is 3. The Morgan fingerprint density at radius 2 is 1.69 bits per heavy atom. The average Bonchev–Trinajstić information content (AvgIpc) is 3.12. The normalized spacial score (nSPS) is 31.0. The molecule has 1 heterocycles. The molecule has 7 N–H and O–H groups in total. The highest BCUT2D eigenvalue weighted by Crippen LogP contribution is 2.56. The summed E-state index contributed by atoms with van der Waals surface area (Å²) in [7, 11) is 4.73. The van der Waals surface area contributed by atoms with E-state index in [0.717, 1.165) is 20.3 Å². The van der Waals surface area contributed by atoms with Gasteiger partial charge in [-0.1, -0.05) is 6.07 Å². The fourth-order valence-electron chi connectivity index (χ4n) is 8.26. The van der Waals surface area contributed by atoms with Gasteiger partial charge in [-0.25, -0.2) is 4.79 Å². The summed E-state index contributed by atoms with van der Waals surface area (Å²) in [6.07, 6.45) is -5.74. The quantitative estimate of drug-likeness (QED) is 0.128. The SMILES string of the molecule is COC(=O)c1c(C)cc2c(c1O)[C@]1(O)C(=O)c3cc4c(c(O)c3C(=O)[C@]1(OC)[C@H](O)C2)/C(=N/CCCO)C=C(N[C@H]1O[C@@H](C)[C@H](OC)[C@@H](O)[C@H]1OC)C4=O. The Balaban J connectivity index is 1.56. The number of allylic oxidation sites excluding steroid dienone is 2. The first-order chi connectivity index (χ1) is 25.6. The number of fused-ring (bicyclic) bond motifs is 5. The maximum absolute atomic E-state index is 14.8. The molecular formula is C37H42N2O15. The maximum atomic E-state index is 14.8. The van der Waals surface area contributed by atoms with Crippen molar-refractivity contribution >= 4 is 29.0 Å². The van der Waals surface area contributed by atoms with Crippen molar-refractivity contribution in [1.82, 2.24) is 5.32 Å². The van der Waals surface area contributed by atoms with Gasteiger partial charge in [0.25, 0.3) is 0 Å². The number of rotatable bonds is 9. The molecule has 2 aromatic rings. The highest BCUT2D eigenvalue weighted by molar-refractivity contribution is 6.31. The molecule has 1 saturated heterocycles. The summed E-state index contributed by atoms with van der Waals surface area (Å²) in [6.45, 7) is 2.86. The summed E-state index contributed by atoms with van der Waals surface area (Å²) in [6, 6.07) is 2.34. The minimum Gasteiger partial charge on any atom is -0.507 e. The van der Waals surface area contributed by atoms with Crippen LogP contribution in [0, 0.1) is 6.92 Å². The van der Waals surface area contributed by atoms with Gasteiger partial charge in [-0.15, -0.1) is 0 Å². The van der Waals surface area contributed by atoms with E-state index in [-0.39, 0.29) is 53.2 Å². The van der Waals surface area contributed by atoms with E-state index in [0.29, 0.717) is 0 Å². The van der Waals surface area contributed by atoms with Gasteiger partial charge in [0.1, 0.15) is 35.4 Å². The molecule has 0 bridgehead atoms. The number of nitrogens with one attached hydrogen (secondary N) is 1. The van der Waals surface area contributed by atoms with E-state index in [2.05, 4.69) is 10.3 Å². The lowest BCUT2D eigenvalue weighted by Gasteiger charge is -2.53. The van der Waals surface area contributed by atoms with Gasteiger partial charge in [0, 0.05) is 57.6 Å². The van der Waals surface area contributed by atoms with Crippen LogP contribution in [0.1, 0.15) is 77.0 Å². The van der Waals surface area contributed by atoms with Gasteiger partial charge >= 0.3 is 5.97 Å². The molecule has 17 nitrogen and oxygen atoms in total. The standard InChI is InChI=1S/C37H42N2O15/c1-14-10-16-11-21(41)37(53-6)33(47)24-18(32(46)36(37,49)25(16)28(44)22(14)35(48)52-5)12-17-23(27(24)43)19(38-8-7-9-40)13-20(26(17)42)39-34-31(51-4)29(45)30(50-3)15(2)54-34/h10,12-13,15,21,29-31,34,39-41,43-45,49H,7-9,11H2,1-6H3/b38-19+/t15-,21+,29+,30-,31+,34-,36-,37+/m0/s1. The molecule has 17 heteroatoms. The number of carbonyl (C=O) groups is 4. The molecule has 8 atom stereocenters. The first-order valence-electron chi connectivity index (χ1n) is 17.1. The molecule has 0 unspecified atom stereocenters. The van der Waals surface area contributed by atoms with Crippen LogP contribution in [0.3, 0.4) is 0 Å². The minimum atomic E-state index is -3.21. The molecule has 3 aliphatic carbocycles. The number of aromatic hydroxyl groups is 2. The highest BCUT2D eigenvalue weighted by atomic mass is 16.6. The zero-order chi connectivity index (χ0) is 39.6. The van der Waals surface area contributed by atoms with Crippen molar-refractivity contribution in [2.75, 3.05) is 41.6 Å². The van der Waals surface area contributed by atoms with Crippen LogP contribution in [0.5, 0.6) is 11.5 Å². The third-order valence-corrected chi connectivity index (χ3v) is 10.8. The fraction of sp³-hybridized carbons (Fsp3) is 0.486. The Bertz CT molecular complexity index is 2010. The second-order valence-corrected chi connectivity index (χ2v) is 13.6. The second-order valence-electron chi connectivity index (χ2n) is 13.6. The predicted molar refractivity (Wildman–Crippen MR) is 185 cm³/mol. The van der Waals surface area contributed by atoms with Crippen molar-refractivity contribution in [3.63, 3.8) is 0 Å². The number of hydrogen-bond donors (Lipinski definition) is 7. The average molecular weight is 755 g/mol. The van der Waals surface area contributed by atoms with Crippen LogP contribution in [0.15, 0.2) is 28.9 Å². The van der Waals surface area contributed by atoms with E-state index in [1.54, 1.807) is 6.92 Å². The molecule has 1 fully saturated rings. The molecular weight excluding hydrogens is 712 g/mol. The maximum Gasteiger partial charge on any atom is 0.341 e. The van der Waals surface area contributed by atoms with Gasteiger partial charge in [-0.3, -0.25) is 19.4 Å². The lowest BCUT2D eigenvalue weighted by atomic mass is 9.56. The van der Waals surface area contributed by atoms with Crippen molar-refractivity contribution < 1.29 is 73.5 Å². The number of aliphatic imine (C=N–C) groups is 1. The van der Waals surface area contributed by atoms with Gasteiger partial charge < -0.3 is 59.6 Å². The van der Waals surface area contributed by atoms with Crippen LogP contribution in [-0.2, 0) is 35.7 Å². The monoisotopic (exact) mass is 754 g/mol. The van der Waals surface area contributed by atoms with Gasteiger partial charge in [0.05, 0.1) is 41.9 Å². The number of benzene rings is 2. The van der Waals surface area contributed by atoms with Gasteiger partial charge in [0.15, 0.2) is 17.4 Å². The molecule has 6 rings (SSSR count). The molecule has 54 heavy (non-hydrogen) atoms. The van der Waals surface area contributed by atoms with Crippen LogP contribution >= 0.6 is 0 Å². The number of Topliss-reactive ketones (excluding diaryl/α,β-unsaturated/α-hetero) is 3. The summed E-state index contributed by atoms with van der Waals surface area (Å²) >= 11 is 0. The molecule has 0 amide bonds. The zero-order valence-corrected chi connectivity index (χ0v) is 30.3. The largest absolute Gasteiger partial charge is 0.507 e. The zero-order valence-electron chi connectivity index (χ0n) is 30.3. The molecule has 1 aliphatic heterocycles. The Hall–Kier alpha value is -4.59. The van der Waals surface area contributed by atoms with Crippen LogP contribution in [0.25, 0.3) is 0 Å². The highest BCUT2D eigenvalue weighted by Gasteiger charge is 2.72. The first kappa shape index (κ1) is 39.1. The van der Waals surface area contributed by atoms with Crippen molar-refractivity contribution in [3.8, 4) is 11.5 Å². The lowest BCUT2D eigenvalue weighted by molar-refractivity contribution is -0.236. The molecule has 4 aliphatic rings. The number of hydrogen-bond acceptors (Lipinski definition) is 17. The number of aryl methyl sites for hydroxylation is 1. The number of methoxy groups -OCH3 is 4. The summed E-state index contributed by atoms with van der Waals surface area (Å²) in [5, 5.41) is 71.0. The second kappa shape index (κ2) is 14.2. The smallest absolute Gasteiger partial charge is 0.341 e. The Labute approximate surface area is 308 Å². The number of phenols is 2. The molecule has 290 valence electrons. The van der Waals surface area contributed by atoms with E-state index in [1.807, 2.05) is 0 Å². The Morgan fingerprint density at radius 3 is 2.30 bits per heavy atom. The van der Waals surface area contributed by atoms with Crippen molar-refractivity contribution in [2.24, 2.45) is 4.99 Å².